The number of thiophene rings is 1. The van der Waals surface area contributed by atoms with E-state index in [9.17, 15) is 9.18 Å². The van der Waals surface area contributed by atoms with E-state index >= 15 is 0 Å². The summed E-state index contributed by atoms with van der Waals surface area (Å²) in [5, 5.41) is 2.40. The molecule has 0 N–H and O–H groups in total. The fraction of sp³-hybridized carbons (Fsp3) is 0.143. The number of hydrogen-bond acceptors (Lipinski definition) is 6. The first-order valence-electron chi connectivity index (χ1n) is 8.92. The minimum absolute atomic E-state index is 0.135. The molecule has 0 radical (unpaired) electrons. The van der Waals surface area contributed by atoms with Gasteiger partial charge in [0.25, 0.3) is 5.56 Å². The van der Waals surface area contributed by atoms with Gasteiger partial charge >= 0.3 is 0 Å². The van der Waals surface area contributed by atoms with Crippen molar-refractivity contribution in [2.75, 3.05) is 6.79 Å². The molecule has 0 fully saturated rings. The van der Waals surface area contributed by atoms with E-state index in [1.807, 2.05) is 29.6 Å². The zero-order valence-corrected chi connectivity index (χ0v) is 16.8. The molecule has 0 spiro atoms. The van der Waals surface area contributed by atoms with Crippen molar-refractivity contribution in [3.05, 3.63) is 81.2 Å². The van der Waals surface area contributed by atoms with Gasteiger partial charge in [-0.15, -0.1) is 11.3 Å². The van der Waals surface area contributed by atoms with Gasteiger partial charge in [-0.05, 0) is 35.2 Å². The number of nitrogens with zero attached hydrogens (tertiary/aromatic N) is 2. The molecule has 2 aromatic carbocycles. The minimum atomic E-state index is -0.336. The number of halogens is 1. The molecule has 0 saturated heterocycles. The van der Waals surface area contributed by atoms with Gasteiger partial charge in [0.05, 0.1) is 12.1 Å². The Morgan fingerprint density at radius 3 is 2.90 bits per heavy atom. The van der Waals surface area contributed by atoms with Gasteiger partial charge in [-0.25, -0.2) is 9.37 Å². The average Bonchev–Trinajstić information content (AvgIpc) is 3.39. The highest BCUT2D eigenvalue weighted by Crippen LogP contribution is 2.34. The topological polar surface area (TPSA) is 53.4 Å². The van der Waals surface area contributed by atoms with E-state index in [1.54, 1.807) is 22.8 Å². The van der Waals surface area contributed by atoms with Gasteiger partial charge in [-0.2, -0.15) is 0 Å². The number of fused-ring (bicyclic) bond motifs is 2. The lowest BCUT2D eigenvalue weighted by Gasteiger charge is -2.13. The van der Waals surface area contributed by atoms with Crippen LogP contribution in [0.1, 0.15) is 11.1 Å². The molecule has 1 aliphatic heterocycles. The van der Waals surface area contributed by atoms with Crippen molar-refractivity contribution in [1.82, 2.24) is 9.55 Å². The summed E-state index contributed by atoms with van der Waals surface area (Å²) in [6.07, 6.45) is 0. The maximum atomic E-state index is 14.2. The van der Waals surface area contributed by atoms with Gasteiger partial charge in [0.15, 0.2) is 16.7 Å². The molecule has 5 nitrogen and oxygen atoms in total. The van der Waals surface area contributed by atoms with E-state index in [0.717, 1.165) is 11.3 Å². The number of thioether (sulfide) groups is 1. The lowest BCUT2D eigenvalue weighted by Crippen LogP contribution is -2.23. The Morgan fingerprint density at radius 2 is 2.00 bits per heavy atom. The van der Waals surface area contributed by atoms with Crippen LogP contribution in [0.5, 0.6) is 11.5 Å². The summed E-state index contributed by atoms with van der Waals surface area (Å²) >= 11 is 2.79. The third-order valence-electron chi connectivity index (χ3n) is 4.62. The first-order valence-corrected chi connectivity index (χ1v) is 10.8. The summed E-state index contributed by atoms with van der Waals surface area (Å²) in [6, 6.07) is 14.1. The Morgan fingerprint density at radius 1 is 1.14 bits per heavy atom. The maximum Gasteiger partial charge on any atom is 0.272 e. The fourth-order valence-corrected chi connectivity index (χ4v) is 4.87. The largest absolute Gasteiger partial charge is 0.454 e. The maximum absolute atomic E-state index is 14.2. The van der Waals surface area contributed by atoms with E-state index < -0.39 is 0 Å². The van der Waals surface area contributed by atoms with E-state index in [0.29, 0.717) is 32.4 Å². The first kappa shape index (κ1) is 18.2. The molecular weight excluding hydrogens is 411 g/mol. The second-order valence-electron chi connectivity index (χ2n) is 6.49. The lowest BCUT2D eigenvalue weighted by atomic mass is 10.2. The summed E-state index contributed by atoms with van der Waals surface area (Å²) in [5.74, 6) is 1.70. The Labute approximate surface area is 173 Å². The van der Waals surface area contributed by atoms with Crippen LogP contribution in [0.25, 0.3) is 10.2 Å². The van der Waals surface area contributed by atoms with Crippen molar-refractivity contribution in [3.8, 4) is 11.5 Å². The highest BCUT2D eigenvalue weighted by molar-refractivity contribution is 7.98. The van der Waals surface area contributed by atoms with Crippen LogP contribution in [0.2, 0.25) is 0 Å². The number of aromatic nitrogens is 2. The third kappa shape index (κ3) is 3.49. The standard InChI is InChI=1S/C21H15FN2O3S2/c22-15-4-2-1-3-14(15)10-24-20(25)19-16(7-8-28-19)23-21(24)29-11-13-5-6-17-18(9-13)27-12-26-17/h1-9H,10-12H2. The lowest BCUT2D eigenvalue weighted by molar-refractivity contribution is 0.174. The molecule has 5 rings (SSSR count). The number of benzene rings is 2. The summed E-state index contributed by atoms with van der Waals surface area (Å²) < 4.78 is 27.1. The molecule has 0 amide bonds. The van der Waals surface area contributed by atoms with Crippen LogP contribution >= 0.6 is 23.1 Å². The molecule has 0 saturated carbocycles. The van der Waals surface area contributed by atoms with Crippen LogP contribution in [0.15, 0.2) is 63.9 Å². The SMILES string of the molecule is O=c1c2sccc2nc(SCc2ccc3c(c2)OCO3)n1Cc1ccccc1F. The van der Waals surface area contributed by atoms with Crippen molar-refractivity contribution < 1.29 is 13.9 Å². The fourth-order valence-electron chi connectivity index (χ4n) is 3.15. The molecule has 0 aliphatic carbocycles. The van der Waals surface area contributed by atoms with Crippen LogP contribution in [0.4, 0.5) is 4.39 Å². The molecule has 0 unspecified atom stereocenters. The molecule has 2 aromatic heterocycles. The summed E-state index contributed by atoms with van der Waals surface area (Å²) in [6.45, 7) is 0.361. The van der Waals surface area contributed by atoms with E-state index in [1.165, 1.54) is 29.2 Å². The van der Waals surface area contributed by atoms with Gasteiger partial charge in [0, 0.05) is 11.3 Å². The highest BCUT2D eigenvalue weighted by Gasteiger charge is 2.16. The van der Waals surface area contributed by atoms with Crippen LogP contribution < -0.4 is 15.0 Å². The summed E-state index contributed by atoms with van der Waals surface area (Å²) in [5.41, 5.74) is 1.99. The van der Waals surface area contributed by atoms with Gasteiger partial charge < -0.3 is 9.47 Å². The van der Waals surface area contributed by atoms with Crippen LogP contribution in [-0.4, -0.2) is 16.3 Å². The van der Waals surface area contributed by atoms with E-state index in [4.69, 9.17) is 9.47 Å². The average molecular weight is 426 g/mol. The van der Waals surface area contributed by atoms with Crippen molar-refractivity contribution in [1.29, 1.82) is 0 Å². The highest BCUT2D eigenvalue weighted by atomic mass is 32.2. The molecule has 0 bridgehead atoms. The first-order chi connectivity index (χ1) is 14.2. The van der Waals surface area contributed by atoms with Crippen molar-refractivity contribution in [2.45, 2.75) is 17.5 Å². The second kappa shape index (κ2) is 7.53. The molecule has 4 aromatic rings. The van der Waals surface area contributed by atoms with Gasteiger partial charge in [0.2, 0.25) is 6.79 Å². The van der Waals surface area contributed by atoms with E-state index in [2.05, 4.69) is 4.98 Å². The molecule has 29 heavy (non-hydrogen) atoms. The molecular formula is C21H15FN2O3S2. The Balaban J connectivity index is 1.50. The summed E-state index contributed by atoms with van der Waals surface area (Å²) in [4.78, 5) is 17.7. The Bertz CT molecular complexity index is 1270. The number of rotatable bonds is 5. The third-order valence-corrected chi connectivity index (χ3v) is 6.56. The Kier molecular flexibility index (Phi) is 4.73. The molecule has 8 heteroatoms. The van der Waals surface area contributed by atoms with Crippen molar-refractivity contribution >= 4 is 33.3 Å². The van der Waals surface area contributed by atoms with Crippen LogP contribution in [0, 0.1) is 5.82 Å². The minimum Gasteiger partial charge on any atom is -0.454 e. The predicted octanol–water partition coefficient (Wildman–Crippen LogP) is 4.67. The zero-order valence-electron chi connectivity index (χ0n) is 15.1. The Hall–Kier alpha value is -2.84. The predicted molar refractivity (Wildman–Crippen MR) is 112 cm³/mol. The number of ether oxygens (including phenoxy) is 2. The quantitative estimate of drug-likeness (QED) is 0.343. The van der Waals surface area contributed by atoms with Crippen molar-refractivity contribution in [3.63, 3.8) is 0 Å². The van der Waals surface area contributed by atoms with Gasteiger partial charge in [-0.1, -0.05) is 36.0 Å². The second-order valence-corrected chi connectivity index (χ2v) is 8.35. The van der Waals surface area contributed by atoms with Gasteiger partial charge in [-0.3, -0.25) is 9.36 Å². The van der Waals surface area contributed by atoms with Gasteiger partial charge in [0.1, 0.15) is 10.5 Å². The summed E-state index contributed by atoms with van der Waals surface area (Å²) in [7, 11) is 0. The molecule has 3 heterocycles. The molecule has 146 valence electrons. The van der Waals surface area contributed by atoms with E-state index in [-0.39, 0.29) is 24.7 Å². The zero-order chi connectivity index (χ0) is 19.8. The van der Waals surface area contributed by atoms with Crippen LogP contribution in [-0.2, 0) is 12.3 Å². The van der Waals surface area contributed by atoms with Crippen LogP contribution in [0.3, 0.4) is 0 Å². The monoisotopic (exact) mass is 426 g/mol. The van der Waals surface area contributed by atoms with Crippen molar-refractivity contribution in [2.24, 2.45) is 0 Å². The molecule has 1 aliphatic rings. The molecule has 0 atom stereocenters. The normalized spacial score (nSPS) is 12.6. The number of hydrogen-bond donors (Lipinski definition) is 0. The smallest absolute Gasteiger partial charge is 0.272 e.